The summed E-state index contributed by atoms with van der Waals surface area (Å²) >= 11 is 0. The molecule has 7 aromatic rings. The third-order valence-electron chi connectivity index (χ3n) is 7.37. The molecular formula is C39H27N3. The van der Waals surface area contributed by atoms with Crippen molar-refractivity contribution >= 4 is 0 Å². The first-order valence-electron chi connectivity index (χ1n) is 14.0. The van der Waals surface area contributed by atoms with Crippen LogP contribution in [-0.4, -0.2) is 15.0 Å². The van der Waals surface area contributed by atoms with E-state index < -0.39 is 0 Å². The van der Waals surface area contributed by atoms with Gasteiger partial charge in [-0.3, -0.25) is 4.98 Å². The Morgan fingerprint density at radius 2 is 0.643 bits per heavy atom. The van der Waals surface area contributed by atoms with Crippen molar-refractivity contribution in [1.29, 1.82) is 0 Å². The molecule has 0 bridgehead atoms. The van der Waals surface area contributed by atoms with E-state index in [1.54, 1.807) is 6.20 Å². The summed E-state index contributed by atoms with van der Waals surface area (Å²) < 4.78 is 0. The minimum absolute atomic E-state index is 0.901. The van der Waals surface area contributed by atoms with Crippen molar-refractivity contribution in [3.63, 3.8) is 0 Å². The highest BCUT2D eigenvalue weighted by atomic mass is 14.7. The summed E-state index contributed by atoms with van der Waals surface area (Å²) in [6.45, 7) is 0. The first-order chi connectivity index (χ1) is 20.8. The van der Waals surface area contributed by atoms with E-state index in [0.29, 0.717) is 0 Å². The highest BCUT2D eigenvalue weighted by Crippen LogP contribution is 2.33. The highest BCUT2D eigenvalue weighted by molar-refractivity contribution is 5.80. The van der Waals surface area contributed by atoms with Gasteiger partial charge in [-0.05, 0) is 58.7 Å². The molecule has 0 saturated carbocycles. The lowest BCUT2D eigenvalue weighted by atomic mass is 9.96. The lowest BCUT2D eigenvalue weighted by Gasteiger charge is -2.12. The molecule has 0 N–H and O–H groups in total. The van der Waals surface area contributed by atoms with Crippen molar-refractivity contribution < 1.29 is 0 Å². The number of hydrogen-bond acceptors (Lipinski definition) is 3. The fourth-order valence-electron chi connectivity index (χ4n) is 5.18. The van der Waals surface area contributed by atoms with Gasteiger partial charge >= 0.3 is 0 Å². The molecule has 42 heavy (non-hydrogen) atoms. The molecule has 0 saturated heterocycles. The zero-order chi connectivity index (χ0) is 28.1. The average molecular weight is 538 g/mol. The van der Waals surface area contributed by atoms with E-state index in [1.165, 1.54) is 0 Å². The van der Waals surface area contributed by atoms with Gasteiger partial charge in [0.15, 0.2) is 0 Å². The van der Waals surface area contributed by atoms with E-state index in [-0.39, 0.29) is 0 Å². The van der Waals surface area contributed by atoms with E-state index in [4.69, 9.17) is 9.97 Å². The van der Waals surface area contributed by atoms with Gasteiger partial charge in [-0.25, -0.2) is 9.97 Å². The second kappa shape index (κ2) is 11.4. The zero-order valence-electron chi connectivity index (χ0n) is 22.9. The van der Waals surface area contributed by atoms with Gasteiger partial charge in [0.2, 0.25) is 0 Å². The molecule has 0 aliphatic carbocycles. The maximum Gasteiger partial charge on any atom is 0.0731 e. The van der Waals surface area contributed by atoms with E-state index in [1.807, 2.05) is 42.6 Å². The Morgan fingerprint density at radius 1 is 0.286 bits per heavy atom. The zero-order valence-corrected chi connectivity index (χ0v) is 22.9. The third-order valence-corrected chi connectivity index (χ3v) is 7.37. The summed E-state index contributed by atoms with van der Waals surface area (Å²) in [6.07, 6.45) is 3.65. The molecule has 3 heterocycles. The van der Waals surface area contributed by atoms with Crippen LogP contribution in [0.15, 0.2) is 164 Å². The summed E-state index contributed by atoms with van der Waals surface area (Å²) in [5.41, 5.74) is 12.5. The van der Waals surface area contributed by atoms with Crippen LogP contribution in [0.25, 0.3) is 67.3 Å². The number of nitrogens with zero attached hydrogens (tertiary/aromatic N) is 3. The smallest absolute Gasteiger partial charge is 0.0731 e. The molecule has 3 nitrogen and oxygen atoms in total. The summed E-state index contributed by atoms with van der Waals surface area (Å²) in [5, 5.41) is 0. The topological polar surface area (TPSA) is 38.7 Å². The highest BCUT2D eigenvalue weighted by Gasteiger charge is 2.12. The predicted molar refractivity (Wildman–Crippen MR) is 172 cm³/mol. The van der Waals surface area contributed by atoms with Gasteiger partial charge in [0.25, 0.3) is 0 Å². The molecule has 0 aliphatic rings. The quantitative estimate of drug-likeness (QED) is 0.212. The Labute approximate surface area is 245 Å². The minimum atomic E-state index is 0.901. The minimum Gasteiger partial charge on any atom is -0.264 e. The Hall–Kier alpha value is -5.67. The van der Waals surface area contributed by atoms with Crippen LogP contribution < -0.4 is 0 Å². The molecule has 4 aromatic carbocycles. The summed E-state index contributed by atoms with van der Waals surface area (Å²) in [7, 11) is 0. The molecule has 0 fully saturated rings. The molecule has 0 aliphatic heterocycles. The molecule has 0 radical (unpaired) electrons. The summed E-state index contributed by atoms with van der Waals surface area (Å²) in [4.78, 5) is 14.3. The van der Waals surface area contributed by atoms with Crippen LogP contribution in [0, 0.1) is 0 Å². The molecule has 3 aromatic heterocycles. The lowest BCUT2D eigenvalue weighted by Crippen LogP contribution is -1.92. The van der Waals surface area contributed by atoms with E-state index >= 15 is 0 Å². The van der Waals surface area contributed by atoms with Crippen molar-refractivity contribution in [2.45, 2.75) is 0 Å². The first-order valence-corrected chi connectivity index (χ1v) is 14.0. The second-order valence-electron chi connectivity index (χ2n) is 10.2. The second-order valence-corrected chi connectivity index (χ2v) is 10.2. The Bertz CT molecular complexity index is 1670. The molecular weight excluding hydrogens is 510 g/mol. The van der Waals surface area contributed by atoms with Crippen LogP contribution in [0.5, 0.6) is 0 Å². The van der Waals surface area contributed by atoms with Crippen molar-refractivity contribution in [3.05, 3.63) is 164 Å². The van der Waals surface area contributed by atoms with Crippen LogP contribution in [0.3, 0.4) is 0 Å². The number of benzene rings is 4. The number of rotatable bonds is 6. The van der Waals surface area contributed by atoms with Crippen LogP contribution >= 0.6 is 0 Å². The van der Waals surface area contributed by atoms with Gasteiger partial charge in [0.05, 0.1) is 22.8 Å². The molecule has 3 heteroatoms. The van der Waals surface area contributed by atoms with Crippen molar-refractivity contribution in [1.82, 2.24) is 15.0 Å². The van der Waals surface area contributed by atoms with Gasteiger partial charge in [0.1, 0.15) is 0 Å². The van der Waals surface area contributed by atoms with Gasteiger partial charge in [0, 0.05) is 34.6 Å². The fraction of sp³-hybridized carbons (Fsp3) is 0. The third kappa shape index (κ3) is 5.36. The molecule has 0 atom stereocenters. The molecule has 198 valence electrons. The Balaban J connectivity index is 1.31. The molecule has 7 rings (SSSR count). The van der Waals surface area contributed by atoms with Crippen LogP contribution in [0.4, 0.5) is 0 Å². The largest absolute Gasteiger partial charge is 0.264 e. The van der Waals surface area contributed by atoms with Gasteiger partial charge in [-0.2, -0.15) is 0 Å². The van der Waals surface area contributed by atoms with E-state index in [2.05, 4.69) is 120 Å². The van der Waals surface area contributed by atoms with Gasteiger partial charge in [-0.15, -0.1) is 0 Å². The Kier molecular flexibility index (Phi) is 6.89. The number of pyridine rings is 3. The van der Waals surface area contributed by atoms with Crippen LogP contribution in [-0.2, 0) is 0 Å². The van der Waals surface area contributed by atoms with Crippen LogP contribution in [0.2, 0.25) is 0 Å². The number of hydrogen-bond donors (Lipinski definition) is 0. The Morgan fingerprint density at radius 3 is 1.00 bits per heavy atom. The standard InChI is InChI=1S/C39H27N3/c1-4-11-30(12-5-1)36-23-34(24-37(41-36)31-13-6-2-7-14-31)28-18-20-29(21-19-28)35-25-38(32-15-8-3-9-16-32)42-39(26-35)33-17-10-22-40-27-33/h1-27H. The first kappa shape index (κ1) is 25.3. The molecule has 0 spiro atoms. The van der Waals surface area contributed by atoms with E-state index in [0.717, 1.165) is 67.3 Å². The summed E-state index contributed by atoms with van der Waals surface area (Å²) in [5.74, 6) is 0. The van der Waals surface area contributed by atoms with Crippen molar-refractivity contribution in [3.8, 4) is 67.3 Å². The predicted octanol–water partition coefficient (Wildman–Crippen LogP) is 9.87. The molecule has 0 unspecified atom stereocenters. The van der Waals surface area contributed by atoms with Gasteiger partial charge < -0.3 is 0 Å². The normalized spacial score (nSPS) is 10.9. The monoisotopic (exact) mass is 537 g/mol. The lowest BCUT2D eigenvalue weighted by molar-refractivity contribution is 1.28. The van der Waals surface area contributed by atoms with Crippen molar-refractivity contribution in [2.75, 3.05) is 0 Å². The van der Waals surface area contributed by atoms with E-state index in [9.17, 15) is 0 Å². The van der Waals surface area contributed by atoms with Crippen LogP contribution in [0.1, 0.15) is 0 Å². The number of aromatic nitrogens is 3. The molecule has 0 amide bonds. The summed E-state index contributed by atoms with van der Waals surface area (Å²) in [6, 6.07) is 52.5. The average Bonchev–Trinajstić information content (AvgIpc) is 3.09. The SMILES string of the molecule is c1ccc(-c2cc(-c3ccc(-c4cc(-c5ccccc5)nc(-c5cccnc5)c4)cc3)cc(-c3ccccc3)n2)cc1. The maximum absolute atomic E-state index is 5.03. The maximum atomic E-state index is 5.03. The van der Waals surface area contributed by atoms with Crippen molar-refractivity contribution in [2.24, 2.45) is 0 Å². The van der Waals surface area contributed by atoms with Gasteiger partial charge in [-0.1, -0.05) is 115 Å². The fourth-order valence-corrected chi connectivity index (χ4v) is 5.18.